The summed E-state index contributed by atoms with van der Waals surface area (Å²) in [5, 5.41) is 12.0. The Bertz CT molecular complexity index is 380. The summed E-state index contributed by atoms with van der Waals surface area (Å²) in [5.74, 6) is 0. The molecule has 2 atom stereocenters. The van der Waals surface area contributed by atoms with E-state index in [0.717, 1.165) is 0 Å². The monoisotopic (exact) mass is 207 g/mol. The molecule has 0 aliphatic heterocycles. The van der Waals surface area contributed by atoms with E-state index in [-0.39, 0.29) is 12.4 Å². The molecule has 0 spiro atoms. The molecule has 3 heteroatoms. The van der Waals surface area contributed by atoms with E-state index in [1.807, 2.05) is 5.32 Å². The summed E-state index contributed by atoms with van der Waals surface area (Å²) >= 11 is 0. The van der Waals surface area contributed by atoms with Crippen molar-refractivity contribution in [3.8, 4) is 0 Å². The molecule has 0 radical (unpaired) electrons. The predicted octanol–water partition coefficient (Wildman–Crippen LogP) is 1.75. The first-order valence-corrected chi connectivity index (χ1v) is 3.62. The molecule has 13 heavy (non-hydrogen) atoms. The molecule has 1 aromatic carbocycles. The number of rotatable bonds is 3. The second kappa shape index (κ2) is 5.97. The van der Waals surface area contributed by atoms with Crippen LogP contribution in [0.25, 0.3) is 0 Å². The Balaban J connectivity index is 0.00000324. The van der Waals surface area contributed by atoms with Crippen LogP contribution in [0.2, 0.25) is 0 Å². The Morgan fingerprint density at radius 1 is 1.38 bits per heavy atom. The molecule has 0 unspecified atom stereocenters. The van der Waals surface area contributed by atoms with E-state index in [2.05, 4.69) is 0 Å². The van der Waals surface area contributed by atoms with Crippen molar-refractivity contribution >= 4 is 12.4 Å². The molecule has 0 aliphatic carbocycles. The Hall–Kier alpha value is -0.570. The fourth-order valence-electron chi connectivity index (χ4n) is 0.922. The molecule has 0 fully saturated rings. The fraction of sp³-hybridized carbons (Fsp3) is 0.400. The van der Waals surface area contributed by atoms with Crippen molar-refractivity contribution in [2.24, 2.45) is 0 Å². The number of benzene rings is 1. The molecule has 0 amide bonds. The third-order valence-electron chi connectivity index (χ3n) is 1.61. The molecule has 1 aromatic rings. The zero-order chi connectivity index (χ0) is 14.0. The van der Waals surface area contributed by atoms with Crippen molar-refractivity contribution in [1.82, 2.24) is 5.32 Å². The maximum absolute atomic E-state index is 10.0. The maximum Gasteiger partial charge on any atom is 0.0940 e. The molecule has 0 heterocycles. The van der Waals surface area contributed by atoms with Crippen LogP contribution in [0.1, 0.15) is 26.7 Å². The normalized spacial score (nSPS) is 23.2. The SMILES string of the molecule is Cl.[2H]C([2H])([2H])N[C@H]([C@H](O)c1ccccc1)C([2H])([2H])[2H]. The highest BCUT2D eigenvalue weighted by atomic mass is 35.5. The average molecular weight is 208 g/mol. The van der Waals surface area contributed by atoms with Crippen LogP contribution < -0.4 is 5.32 Å². The molecule has 0 saturated carbocycles. The van der Waals surface area contributed by atoms with Gasteiger partial charge >= 0.3 is 0 Å². The number of likely N-dealkylation sites (N-methyl/N-ethyl adjacent to an activating group) is 1. The lowest BCUT2D eigenvalue weighted by Gasteiger charge is -2.17. The lowest BCUT2D eigenvalue weighted by molar-refractivity contribution is 0.140. The van der Waals surface area contributed by atoms with Gasteiger partial charge in [0.1, 0.15) is 0 Å². The number of nitrogens with one attached hydrogen (secondary N) is 1. The molecular formula is C10H16ClNO. The van der Waals surface area contributed by atoms with Gasteiger partial charge in [0.2, 0.25) is 0 Å². The summed E-state index contributed by atoms with van der Waals surface area (Å²) in [6.07, 6.45) is -1.42. The van der Waals surface area contributed by atoms with Gasteiger partial charge in [0.15, 0.2) is 0 Å². The van der Waals surface area contributed by atoms with Crippen LogP contribution in [0.5, 0.6) is 0 Å². The minimum absolute atomic E-state index is 0. The minimum atomic E-state index is -2.63. The quantitative estimate of drug-likeness (QED) is 0.792. The molecule has 0 aliphatic rings. The second-order valence-corrected chi connectivity index (χ2v) is 2.48. The largest absolute Gasteiger partial charge is 0.387 e. The van der Waals surface area contributed by atoms with Crippen LogP contribution >= 0.6 is 12.4 Å². The maximum atomic E-state index is 10.0. The van der Waals surface area contributed by atoms with Crippen molar-refractivity contribution in [2.75, 3.05) is 6.98 Å². The van der Waals surface area contributed by atoms with Gasteiger partial charge in [-0.1, -0.05) is 30.3 Å². The van der Waals surface area contributed by atoms with Gasteiger partial charge in [-0.25, -0.2) is 0 Å². The summed E-state index contributed by atoms with van der Waals surface area (Å²) in [6.45, 7) is -5.25. The number of halogens is 1. The molecule has 0 bridgehead atoms. The first-order valence-electron chi connectivity index (χ1n) is 6.62. The fourth-order valence-corrected chi connectivity index (χ4v) is 0.922. The highest BCUT2D eigenvalue weighted by Gasteiger charge is 2.12. The summed E-state index contributed by atoms with van der Waals surface area (Å²) in [6, 6.07) is 6.55. The van der Waals surface area contributed by atoms with Crippen molar-refractivity contribution in [1.29, 1.82) is 0 Å². The smallest absolute Gasteiger partial charge is 0.0940 e. The van der Waals surface area contributed by atoms with E-state index in [9.17, 15) is 5.11 Å². The van der Waals surface area contributed by atoms with Gasteiger partial charge in [-0.2, -0.15) is 0 Å². The Kier molecular flexibility index (Phi) is 2.46. The number of hydrogen-bond acceptors (Lipinski definition) is 2. The van der Waals surface area contributed by atoms with E-state index in [0.29, 0.717) is 5.56 Å². The molecule has 74 valence electrons. The van der Waals surface area contributed by atoms with Crippen LogP contribution in [0, 0.1) is 0 Å². The second-order valence-electron chi connectivity index (χ2n) is 2.48. The molecular weight excluding hydrogens is 186 g/mol. The minimum Gasteiger partial charge on any atom is -0.387 e. The third kappa shape index (κ3) is 3.35. The number of aliphatic hydroxyl groups is 1. The van der Waals surface area contributed by atoms with Crippen LogP contribution in [0.3, 0.4) is 0 Å². The van der Waals surface area contributed by atoms with Crippen molar-refractivity contribution in [3.05, 3.63) is 35.9 Å². The topological polar surface area (TPSA) is 32.3 Å². The van der Waals surface area contributed by atoms with Crippen molar-refractivity contribution in [3.63, 3.8) is 0 Å². The summed E-state index contributed by atoms with van der Waals surface area (Å²) in [4.78, 5) is 0. The Morgan fingerprint density at radius 3 is 2.62 bits per heavy atom. The van der Waals surface area contributed by atoms with Gasteiger partial charge in [-0.3, -0.25) is 0 Å². The summed E-state index contributed by atoms with van der Waals surface area (Å²) in [5.41, 5.74) is 0.357. The Morgan fingerprint density at radius 2 is 2.08 bits per heavy atom. The molecule has 1 rings (SSSR count). The van der Waals surface area contributed by atoms with E-state index in [1.54, 1.807) is 30.3 Å². The van der Waals surface area contributed by atoms with E-state index in [4.69, 9.17) is 8.22 Å². The predicted molar refractivity (Wildman–Crippen MR) is 57.2 cm³/mol. The van der Waals surface area contributed by atoms with Crippen molar-refractivity contribution < 1.29 is 13.3 Å². The van der Waals surface area contributed by atoms with E-state index >= 15 is 0 Å². The number of aliphatic hydroxyl groups excluding tert-OH is 1. The molecule has 0 aromatic heterocycles. The lowest BCUT2D eigenvalue weighted by atomic mass is 10.0. The first-order chi connectivity index (χ1) is 8.11. The zero-order valence-electron chi connectivity index (χ0n) is 12.9. The first kappa shape index (κ1) is 5.35. The van der Waals surface area contributed by atoms with Gasteiger partial charge in [-0.15, -0.1) is 12.4 Å². The van der Waals surface area contributed by atoms with Gasteiger partial charge < -0.3 is 10.4 Å². The van der Waals surface area contributed by atoms with Crippen LogP contribution in [-0.4, -0.2) is 18.1 Å². The molecule has 2 N–H and O–H groups in total. The lowest BCUT2D eigenvalue weighted by Crippen LogP contribution is -2.28. The van der Waals surface area contributed by atoms with Crippen LogP contribution in [0.4, 0.5) is 0 Å². The summed E-state index contributed by atoms with van der Waals surface area (Å²) in [7, 11) is 0. The molecule has 2 nitrogen and oxygen atoms in total. The van der Waals surface area contributed by atoms with Crippen LogP contribution in [0.15, 0.2) is 30.3 Å². The average Bonchev–Trinajstić information content (AvgIpc) is 2.24. The highest BCUT2D eigenvalue weighted by Crippen LogP contribution is 2.15. The standard InChI is InChI=1S/C10H15NO.ClH/c1-8(11-2)10(12)9-6-4-3-5-7-9;/h3-8,10-12H,1-2H3;1H/t8-,10-;/m0./s1/i1D3,2D3;. The zero-order valence-corrected chi connectivity index (χ0v) is 7.71. The third-order valence-corrected chi connectivity index (χ3v) is 1.61. The van der Waals surface area contributed by atoms with Gasteiger partial charge in [0.05, 0.1) is 6.10 Å². The van der Waals surface area contributed by atoms with E-state index in [1.165, 1.54) is 0 Å². The van der Waals surface area contributed by atoms with E-state index < -0.39 is 26.0 Å². The van der Waals surface area contributed by atoms with Gasteiger partial charge in [0.25, 0.3) is 0 Å². The highest BCUT2D eigenvalue weighted by molar-refractivity contribution is 5.85. The number of hydrogen-bond donors (Lipinski definition) is 2. The van der Waals surface area contributed by atoms with Crippen molar-refractivity contribution in [2.45, 2.75) is 19.0 Å². The summed E-state index contributed by atoms with van der Waals surface area (Å²) < 4.78 is 43.1. The Labute approximate surface area is 93.8 Å². The van der Waals surface area contributed by atoms with Gasteiger partial charge in [0, 0.05) is 14.3 Å². The molecule has 0 saturated heterocycles. The van der Waals surface area contributed by atoms with Gasteiger partial charge in [-0.05, 0) is 19.4 Å². The van der Waals surface area contributed by atoms with Crippen LogP contribution in [-0.2, 0) is 0 Å².